The number of amides is 3. The van der Waals surface area contributed by atoms with E-state index in [4.69, 9.17) is 9.47 Å². The zero-order chi connectivity index (χ0) is 37.2. The van der Waals surface area contributed by atoms with Crippen molar-refractivity contribution in [2.45, 2.75) is 64.8 Å². The smallest absolute Gasteiger partial charge is 0.335 e. The van der Waals surface area contributed by atoms with Crippen molar-refractivity contribution in [3.63, 3.8) is 0 Å². The van der Waals surface area contributed by atoms with Gasteiger partial charge in [-0.15, -0.1) is 0 Å². The molecule has 0 radical (unpaired) electrons. The van der Waals surface area contributed by atoms with Crippen LogP contribution in [0.5, 0.6) is 5.75 Å². The number of carbonyl (C=O) groups excluding carboxylic acids is 2. The van der Waals surface area contributed by atoms with Gasteiger partial charge in [-0.05, 0) is 87.5 Å². The molecule has 4 aromatic carbocycles. The summed E-state index contributed by atoms with van der Waals surface area (Å²) >= 11 is 0. The molecule has 11 nitrogen and oxygen atoms in total. The topological polar surface area (TPSA) is 141 Å². The predicted octanol–water partition coefficient (Wildman–Crippen LogP) is 7.11. The lowest BCUT2D eigenvalue weighted by Crippen LogP contribution is -2.47. The maximum absolute atomic E-state index is 14.5. The molecule has 4 atom stereocenters. The minimum atomic E-state index is -0.962. The molecule has 276 valence electrons. The third kappa shape index (κ3) is 10.1. The summed E-state index contributed by atoms with van der Waals surface area (Å²) in [6.07, 6.45) is 2.06. The van der Waals surface area contributed by atoms with E-state index in [-0.39, 0.29) is 36.2 Å². The molecule has 0 spiro atoms. The quantitative estimate of drug-likeness (QED) is 0.144. The molecule has 3 amide bonds. The number of carboxylic acids is 1. The van der Waals surface area contributed by atoms with Crippen LogP contribution in [0.1, 0.15) is 66.3 Å². The summed E-state index contributed by atoms with van der Waals surface area (Å²) in [6, 6.07) is 24.5. The van der Waals surface area contributed by atoms with Crippen LogP contribution in [0.15, 0.2) is 84.9 Å². The molecule has 0 saturated heterocycles. The minimum Gasteiger partial charge on any atom is -0.490 e. The van der Waals surface area contributed by atoms with Crippen molar-refractivity contribution in [3.8, 4) is 5.75 Å². The van der Waals surface area contributed by atoms with Crippen LogP contribution in [0.4, 0.5) is 16.2 Å². The van der Waals surface area contributed by atoms with Crippen LogP contribution in [0.2, 0.25) is 0 Å². The normalized spacial score (nSPS) is 19.3. The average molecular weight is 711 g/mol. The summed E-state index contributed by atoms with van der Waals surface area (Å²) in [7, 11) is 1.99. The van der Waals surface area contributed by atoms with E-state index in [0.29, 0.717) is 48.9 Å². The zero-order valence-corrected chi connectivity index (χ0v) is 30.4. The zero-order valence-electron chi connectivity index (χ0n) is 30.4. The molecule has 0 aromatic heterocycles. The van der Waals surface area contributed by atoms with Crippen LogP contribution in [-0.2, 0) is 11.3 Å². The molecular weight excluding hydrogens is 660 g/mol. The molecule has 0 saturated carbocycles. The summed E-state index contributed by atoms with van der Waals surface area (Å²) in [5.41, 5.74) is 2.60. The van der Waals surface area contributed by atoms with Crippen molar-refractivity contribution >= 4 is 40.1 Å². The Morgan fingerprint density at radius 3 is 2.48 bits per heavy atom. The lowest BCUT2D eigenvalue weighted by Gasteiger charge is -2.36. The average Bonchev–Trinajstić information content (AvgIpc) is 3.13. The van der Waals surface area contributed by atoms with Gasteiger partial charge in [0, 0.05) is 43.2 Å². The molecule has 4 aromatic rings. The van der Waals surface area contributed by atoms with Crippen molar-refractivity contribution in [2.24, 2.45) is 5.92 Å². The molecule has 5 rings (SSSR count). The van der Waals surface area contributed by atoms with Gasteiger partial charge in [-0.1, -0.05) is 55.5 Å². The van der Waals surface area contributed by atoms with Gasteiger partial charge in [-0.3, -0.25) is 9.69 Å². The van der Waals surface area contributed by atoms with Gasteiger partial charge in [0.2, 0.25) is 0 Å². The molecule has 1 heterocycles. The summed E-state index contributed by atoms with van der Waals surface area (Å²) in [5, 5.41) is 27.3. The number of nitrogens with one attached hydrogen (secondary N) is 2. The Balaban J connectivity index is 1.37. The molecule has 0 bridgehead atoms. The number of anilines is 2. The van der Waals surface area contributed by atoms with Crippen LogP contribution in [-0.4, -0.2) is 89.5 Å². The summed E-state index contributed by atoms with van der Waals surface area (Å²) in [6.45, 7) is 7.61. The van der Waals surface area contributed by atoms with Gasteiger partial charge in [0.1, 0.15) is 5.75 Å². The number of urea groups is 1. The number of fused-ring (bicyclic) bond motifs is 2. The van der Waals surface area contributed by atoms with Crippen LogP contribution in [0, 0.1) is 5.92 Å². The highest BCUT2D eigenvalue weighted by Crippen LogP contribution is 2.29. The first kappa shape index (κ1) is 38.3. The van der Waals surface area contributed by atoms with Gasteiger partial charge in [-0.25, -0.2) is 9.59 Å². The third-order valence-corrected chi connectivity index (χ3v) is 9.49. The highest BCUT2D eigenvalue weighted by molar-refractivity contribution is 6.07. The molecular formula is C41H50N4O7. The van der Waals surface area contributed by atoms with Gasteiger partial charge in [0.15, 0.2) is 0 Å². The van der Waals surface area contributed by atoms with Crippen LogP contribution in [0.25, 0.3) is 10.8 Å². The van der Waals surface area contributed by atoms with Gasteiger partial charge in [-0.2, -0.15) is 0 Å². The Kier molecular flexibility index (Phi) is 13.2. The third-order valence-electron chi connectivity index (χ3n) is 9.49. The van der Waals surface area contributed by atoms with Gasteiger partial charge in [0.25, 0.3) is 5.91 Å². The van der Waals surface area contributed by atoms with E-state index < -0.39 is 18.0 Å². The Morgan fingerprint density at radius 2 is 1.73 bits per heavy atom. The van der Waals surface area contributed by atoms with Crippen LogP contribution in [0.3, 0.4) is 0 Å². The van der Waals surface area contributed by atoms with Gasteiger partial charge >= 0.3 is 12.0 Å². The highest BCUT2D eigenvalue weighted by Gasteiger charge is 2.30. The van der Waals surface area contributed by atoms with Crippen LogP contribution >= 0.6 is 0 Å². The minimum absolute atomic E-state index is 0.117. The number of aliphatic hydroxyl groups is 1. The predicted molar refractivity (Wildman–Crippen MR) is 203 cm³/mol. The van der Waals surface area contributed by atoms with E-state index in [2.05, 4.69) is 15.5 Å². The largest absolute Gasteiger partial charge is 0.490 e. The standard InChI is InChI=1S/C41H50N4O7/c1-27-23-45(28(2)26-46)39(47)35-22-33(42-41(50)43-36-14-9-12-31-11-5-6-13-34(31)36)19-20-37(35)52-29(3)10-7-8-21-51-38(27)25-44(4)24-30-15-17-32(18-16-30)40(48)49/h5-6,9,11-20,22,27-29,38,46H,7-8,10,21,23-26H2,1-4H3,(H,48,49)(H2,42,43,50)/t27-,28+,29-,38+/m1/s1. The summed E-state index contributed by atoms with van der Waals surface area (Å²) in [5.74, 6) is -0.986. The maximum Gasteiger partial charge on any atom is 0.335 e. The number of rotatable bonds is 9. The molecule has 0 fully saturated rings. The fourth-order valence-electron chi connectivity index (χ4n) is 6.52. The fourth-order valence-corrected chi connectivity index (χ4v) is 6.52. The molecule has 52 heavy (non-hydrogen) atoms. The van der Waals surface area contributed by atoms with Crippen molar-refractivity contribution < 1.29 is 34.1 Å². The molecule has 11 heteroatoms. The van der Waals surface area contributed by atoms with Crippen LogP contribution < -0.4 is 15.4 Å². The Morgan fingerprint density at radius 1 is 0.981 bits per heavy atom. The van der Waals surface area contributed by atoms with E-state index in [1.165, 1.54) is 0 Å². The van der Waals surface area contributed by atoms with Crippen molar-refractivity contribution in [1.29, 1.82) is 0 Å². The number of benzene rings is 4. The number of hydrogen-bond acceptors (Lipinski definition) is 7. The second-order valence-corrected chi connectivity index (χ2v) is 13.8. The Hall–Kier alpha value is -4.97. The van der Waals surface area contributed by atoms with E-state index in [9.17, 15) is 24.6 Å². The second kappa shape index (κ2) is 18.0. The molecule has 0 unspecified atom stereocenters. The number of likely N-dealkylation sites (N-methyl/N-ethyl adjacent to an activating group) is 1. The Labute approximate surface area is 305 Å². The van der Waals surface area contributed by atoms with Gasteiger partial charge in [0.05, 0.1) is 41.7 Å². The molecule has 4 N–H and O–H groups in total. The maximum atomic E-state index is 14.5. The monoisotopic (exact) mass is 710 g/mol. The fraction of sp³-hybridized carbons (Fsp3) is 0.390. The van der Waals surface area contributed by atoms with E-state index in [1.54, 1.807) is 42.2 Å². The van der Waals surface area contributed by atoms with E-state index >= 15 is 0 Å². The molecule has 1 aliphatic rings. The molecule has 1 aliphatic heterocycles. The number of aliphatic hydroxyl groups excluding tert-OH is 1. The van der Waals surface area contributed by atoms with E-state index in [0.717, 1.165) is 35.6 Å². The number of carboxylic acid groups (broad SMARTS) is 1. The Bertz CT molecular complexity index is 1830. The number of nitrogens with zero attached hydrogens (tertiary/aromatic N) is 2. The number of aromatic carboxylic acids is 1. The van der Waals surface area contributed by atoms with E-state index in [1.807, 2.05) is 75.5 Å². The number of ether oxygens (including phenoxy) is 2. The first-order valence-corrected chi connectivity index (χ1v) is 17.9. The SMILES string of the molecule is C[C@@H]1CCCCO[C@@H](CN(C)Cc2ccc(C(=O)O)cc2)[C@H](C)CN([C@@H](C)CO)C(=O)c2cc(NC(=O)Nc3cccc4ccccc34)ccc2O1. The number of carbonyl (C=O) groups is 3. The van der Waals surface area contributed by atoms with Crippen molar-refractivity contribution in [1.82, 2.24) is 9.80 Å². The summed E-state index contributed by atoms with van der Waals surface area (Å²) < 4.78 is 12.8. The first-order chi connectivity index (χ1) is 25.0. The second-order valence-electron chi connectivity index (χ2n) is 13.8. The lowest BCUT2D eigenvalue weighted by atomic mass is 10.0. The highest BCUT2D eigenvalue weighted by atomic mass is 16.5. The summed E-state index contributed by atoms with van der Waals surface area (Å²) in [4.78, 5) is 42.8. The van der Waals surface area contributed by atoms with Crippen molar-refractivity contribution in [2.75, 3.05) is 44.0 Å². The van der Waals surface area contributed by atoms with Gasteiger partial charge < -0.3 is 35.2 Å². The van der Waals surface area contributed by atoms with Crippen molar-refractivity contribution in [3.05, 3.63) is 102 Å². The first-order valence-electron chi connectivity index (χ1n) is 17.9. The number of hydrogen-bond donors (Lipinski definition) is 4. The lowest BCUT2D eigenvalue weighted by molar-refractivity contribution is -0.0177. The molecule has 0 aliphatic carbocycles.